The van der Waals surface area contributed by atoms with E-state index in [-0.39, 0.29) is 0 Å². The maximum Gasteiger partial charge on any atom is 0.137 e. The van der Waals surface area contributed by atoms with Crippen LogP contribution in [0.3, 0.4) is 0 Å². The van der Waals surface area contributed by atoms with Crippen molar-refractivity contribution in [2.45, 2.75) is 25.9 Å². The first-order chi connectivity index (χ1) is 10.2. The van der Waals surface area contributed by atoms with Gasteiger partial charge in [0.1, 0.15) is 5.65 Å². The number of rotatable bonds is 5. The van der Waals surface area contributed by atoms with Gasteiger partial charge in [-0.1, -0.05) is 23.7 Å². The van der Waals surface area contributed by atoms with Crippen LogP contribution in [-0.4, -0.2) is 16.0 Å². The van der Waals surface area contributed by atoms with E-state index in [9.17, 15) is 0 Å². The van der Waals surface area contributed by atoms with Crippen molar-refractivity contribution in [3.05, 3.63) is 64.9 Å². The van der Waals surface area contributed by atoms with Crippen molar-refractivity contribution in [1.29, 1.82) is 0 Å². The van der Waals surface area contributed by atoms with Crippen LogP contribution in [-0.2, 0) is 13.0 Å². The molecule has 108 valence electrons. The Bertz CT molecular complexity index is 718. The first kappa shape index (κ1) is 14.1. The van der Waals surface area contributed by atoms with Gasteiger partial charge in [-0.3, -0.25) is 0 Å². The number of nitrogens with zero attached hydrogens (tertiary/aromatic N) is 1. The van der Waals surface area contributed by atoms with E-state index in [0.29, 0.717) is 6.04 Å². The quantitative estimate of drug-likeness (QED) is 0.749. The van der Waals surface area contributed by atoms with Crippen molar-refractivity contribution in [3.8, 4) is 0 Å². The van der Waals surface area contributed by atoms with Crippen LogP contribution in [0.1, 0.15) is 18.1 Å². The molecule has 2 heterocycles. The van der Waals surface area contributed by atoms with E-state index in [1.165, 1.54) is 16.5 Å². The molecule has 1 atom stereocenters. The van der Waals surface area contributed by atoms with Gasteiger partial charge in [-0.05, 0) is 48.7 Å². The molecule has 4 heteroatoms. The number of benzene rings is 1. The SMILES string of the molecule is CC(Cc1ccc(Cl)cc1)NCc1c[nH]c2ncccc12. The normalized spacial score (nSPS) is 12.7. The zero-order valence-corrected chi connectivity index (χ0v) is 12.7. The summed E-state index contributed by atoms with van der Waals surface area (Å²) >= 11 is 5.91. The molecule has 0 saturated heterocycles. The lowest BCUT2D eigenvalue weighted by atomic mass is 10.1. The first-order valence-corrected chi connectivity index (χ1v) is 7.49. The molecule has 1 aromatic carbocycles. The number of H-pyrrole nitrogens is 1. The Hall–Kier alpha value is -1.84. The highest BCUT2D eigenvalue weighted by Crippen LogP contribution is 2.16. The van der Waals surface area contributed by atoms with Gasteiger partial charge in [0.05, 0.1) is 0 Å². The summed E-state index contributed by atoms with van der Waals surface area (Å²) in [5.74, 6) is 0. The molecule has 0 fully saturated rings. The van der Waals surface area contributed by atoms with Crippen LogP contribution >= 0.6 is 11.6 Å². The van der Waals surface area contributed by atoms with Gasteiger partial charge in [0.15, 0.2) is 0 Å². The second-order valence-corrected chi connectivity index (χ2v) is 5.76. The molecule has 3 nitrogen and oxygen atoms in total. The fourth-order valence-electron chi connectivity index (χ4n) is 2.49. The highest BCUT2D eigenvalue weighted by atomic mass is 35.5. The van der Waals surface area contributed by atoms with Gasteiger partial charge in [-0.2, -0.15) is 0 Å². The third-order valence-corrected chi connectivity index (χ3v) is 3.88. The Balaban J connectivity index is 1.60. The summed E-state index contributed by atoms with van der Waals surface area (Å²) in [4.78, 5) is 7.51. The standard InChI is InChI=1S/C17H18ClN3/c1-12(9-13-4-6-15(18)7-5-13)20-10-14-11-21-17-16(14)3-2-8-19-17/h2-8,11-12,20H,9-10H2,1H3,(H,19,21). The van der Waals surface area contributed by atoms with E-state index in [4.69, 9.17) is 11.6 Å². The summed E-state index contributed by atoms with van der Waals surface area (Å²) in [6, 6.07) is 12.5. The molecule has 2 aromatic heterocycles. The molecule has 0 spiro atoms. The second kappa shape index (κ2) is 6.29. The summed E-state index contributed by atoms with van der Waals surface area (Å²) in [5, 5.41) is 5.53. The monoisotopic (exact) mass is 299 g/mol. The van der Waals surface area contributed by atoms with Crippen LogP contribution in [0.15, 0.2) is 48.8 Å². The van der Waals surface area contributed by atoms with E-state index in [0.717, 1.165) is 23.6 Å². The Morgan fingerprint density at radius 2 is 2.05 bits per heavy atom. The number of hydrogen-bond donors (Lipinski definition) is 2. The molecule has 3 rings (SSSR count). The Kier molecular flexibility index (Phi) is 4.23. The number of pyridine rings is 1. The minimum atomic E-state index is 0.396. The summed E-state index contributed by atoms with van der Waals surface area (Å²) in [6.07, 6.45) is 4.82. The second-order valence-electron chi connectivity index (χ2n) is 5.33. The Morgan fingerprint density at radius 3 is 2.86 bits per heavy atom. The summed E-state index contributed by atoms with van der Waals surface area (Å²) in [5.41, 5.74) is 3.49. The van der Waals surface area contributed by atoms with E-state index < -0.39 is 0 Å². The summed E-state index contributed by atoms with van der Waals surface area (Å²) in [7, 11) is 0. The van der Waals surface area contributed by atoms with Crippen LogP contribution in [0.4, 0.5) is 0 Å². The highest BCUT2D eigenvalue weighted by molar-refractivity contribution is 6.30. The molecular weight excluding hydrogens is 282 g/mol. The van der Waals surface area contributed by atoms with Gasteiger partial charge >= 0.3 is 0 Å². The molecule has 0 saturated carbocycles. The number of aromatic nitrogens is 2. The summed E-state index contributed by atoms with van der Waals surface area (Å²) < 4.78 is 0. The maximum absolute atomic E-state index is 5.91. The molecule has 0 radical (unpaired) electrons. The Morgan fingerprint density at radius 1 is 1.24 bits per heavy atom. The van der Waals surface area contributed by atoms with Crippen molar-refractivity contribution in [2.24, 2.45) is 0 Å². The predicted molar refractivity (Wildman–Crippen MR) is 87.6 cm³/mol. The van der Waals surface area contributed by atoms with Gasteiger partial charge in [0.25, 0.3) is 0 Å². The number of halogens is 1. The molecule has 1 unspecified atom stereocenters. The smallest absolute Gasteiger partial charge is 0.137 e. The predicted octanol–water partition coefficient (Wildman–Crippen LogP) is 3.94. The van der Waals surface area contributed by atoms with Crippen molar-refractivity contribution < 1.29 is 0 Å². The van der Waals surface area contributed by atoms with Crippen molar-refractivity contribution in [1.82, 2.24) is 15.3 Å². The molecule has 3 aromatic rings. The minimum absolute atomic E-state index is 0.396. The fourth-order valence-corrected chi connectivity index (χ4v) is 2.62. The molecular formula is C17H18ClN3. The van der Waals surface area contributed by atoms with Crippen LogP contribution < -0.4 is 5.32 Å². The fraction of sp³-hybridized carbons (Fsp3) is 0.235. The summed E-state index contributed by atoms with van der Waals surface area (Å²) in [6.45, 7) is 3.03. The number of hydrogen-bond acceptors (Lipinski definition) is 2. The molecule has 0 aliphatic carbocycles. The van der Waals surface area contributed by atoms with Crippen molar-refractivity contribution >= 4 is 22.6 Å². The molecule has 0 bridgehead atoms. The van der Waals surface area contributed by atoms with Gasteiger partial charge < -0.3 is 10.3 Å². The number of aromatic amines is 1. The molecule has 21 heavy (non-hydrogen) atoms. The molecule has 2 N–H and O–H groups in total. The molecule has 0 aliphatic rings. The van der Waals surface area contributed by atoms with E-state index in [1.54, 1.807) is 6.20 Å². The van der Waals surface area contributed by atoms with E-state index in [2.05, 4.69) is 40.4 Å². The highest BCUT2D eigenvalue weighted by Gasteiger charge is 2.07. The first-order valence-electron chi connectivity index (χ1n) is 7.11. The molecule has 0 amide bonds. The van der Waals surface area contributed by atoms with Crippen LogP contribution in [0, 0.1) is 0 Å². The minimum Gasteiger partial charge on any atom is -0.346 e. The maximum atomic E-state index is 5.91. The third-order valence-electron chi connectivity index (χ3n) is 3.63. The van der Waals surface area contributed by atoms with Crippen molar-refractivity contribution in [3.63, 3.8) is 0 Å². The van der Waals surface area contributed by atoms with Gasteiger partial charge in [0, 0.05) is 35.4 Å². The van der Waals surface area contributed by atoms with E-state index >= 15 is 0 Å². The molecule has 0 aliphatic heterocycles. The zero-order chi connectivity index (χ0) is 14.7. The van der Waals surface area contributed by atoms with E-state index in [1.807, 2.05) is 24.4 Å². The van der Waals surface area contributed by atoms with Crippen LogP contribution in [0.2, 0.25) is 5.02 Å². The third kappa shape index (κ3) is 3.43. The zero-order valence-electron chi connectivity index (χ0n) is 11.9. The lowest BCUT2D eigenvalue weighted by Gasteiger charge is -2.13. The van der Waals surface area contributed by atoms with Gasteiger partial charge in [-0.15, -0.1) is 0 Å². The van der Waals surface area contributed by atoms with Crippen LogP contribution in [0.25, 0.3) is 11.0 Å². The average Bonchev–Trinajstić information content (AvgIpc) is 2.91. The number of nitrogens with one attached hydrogen (secondary N) is 2. The van der Waals surface area contributed by atoms with Crippen molar-refractivity contribution in [2.75, 3.05) is 0 Å². The average molecular weight is 300 g/mol. The lowest BCUT2D eigenvalue weighted by molar-refractivity contribution is 0.547. The Labute approximate surface area is 129 Å². The largest absolute Gasteiger partial charge is 0.346 e. The number of fused-ring (bicyclic) bond motifs is 1. The van der Waals surface area contributed by atoms with Crippen LogP contribution in [0.5, 0.6) is 0 Å². The van der Waals surface area contributed by atoms with Gasteiger partial charge in [0.2, 0.25) is 0 Å². The lowest BCUT2D eigenvalue weighted by Crippen LogP contribution is -2.27. The van der Waals surface area contributed by atoms with Gasteiger partial charge in [-0.25, -0.2) is 4.98 Å². The topological polar surface area (TPSA) is 40.7 Å².